The third-order valence-electron chi connectivity index (χ3n) is 6.75. The zero-order valence-electron chi connectivity index (χ0n) is 17.5. The van der Waals surface area contributed by atoms with Gasteiger partial charge in [0, 0.05) is 17.0 Å². The van der Waals surface area contributed by atoms with Crippen molar-refractivity contribution >= 4 is 27.6 Å². The Balaban J connectivity index is 1.64. The van der Waals surface area contributed by atoms with Gasteiger partial charge in [-0.3, -0.25) is 9.10 Å². The molecule has 0 spiro atoms. The molecule has 0 bridgehead atoms. The van der Waals surface area contributed by atoms with Crippen LogP contribution in [0.2, 0.25) is 0 Å². The number of amides is 1. The molecule has 0 radical (unpaired) electrons. The minimum absolute atomic E-state index is 0.156. The number of hydrogen-bond acceptors (Lipinski definition) is 5. The van der Waals surface area contributed by atoms with Crippen LogP contribution in [-0.4, -0.2) is 54.1 Å². The summed E-state index contributed by atoms with van der Waals surface area (Å²) in [6.07, 6.45) is -0.924. The number of nitrogens with zero attached hydrogens (tertiary/aromatic N) is 2. The molecule has 1 amide bonds. The highest BCUT2D eigenvalue weighted by Gasteiger charge is 2.60. The van der Waals surface area contributed by atoms with Crippen LogP contribution in [0.1, 0.15) is 13.8 Å². The van der Waals surface area contributed by atoms with Gasteiger partial charge in [0.2, 0.25) is 5.91 Å². The maximum absolute atomic E-state index is 13.6. The first-order valence-electron chi connectivity index (χ1n) is 10.3. The predicted octanol–water partition coefficient (Wildman–Crippen LogP) is 2.06. The van der Waals surface area contributed by atoms with Crippen molar-refractivity contribution in [2.75, 3.05) is 10.8 Å². The van der Waals surface area contributed by atoms with Crippen LogP contribution in [0.15, 0.2) is 64.7 Å². The van der Waals surface area contributed by atoms with Crippen LogP contribution in [-0.2, 0) is 19.6 Å². The SMILES string of the molecule is C[C@@H](O)[C@H]1C(=O)N2C(C(=O)O)=C(CN3c4ccccc4-c4ccccc4S3(=O)=O)[C@H](C)[C@H]12. The first-order chi connectivity index (χ1) is 15.2. The quantitative estimate of drug-likeness (QED) is 0.684. The summed E-state index contributed by atoms with van der Waals surface area (Å²) in [4.78, 5) is 26.1. The maximum atomic E-state index is 13.6. The van der Waals surface area contributed by atoms with Crippen LogP contribution in [0.4, 0.5) is 5.69 Å². The molecule has 0 aliphatic carbocycles. The van der Waals surface area contributed by atoms with Gasteiger partial charge >= 0.3 is 5.97 Å². The molecule has 0 aromatic heterocycles. The molecular weight excluding hydrogens is 432 g/mol. The molecule has 0 unspecified atom stereocenters. The van der Waals surface area contributed by atoms with E-state index in [0.29, 0.717) is 16.8 Å². The molecule has 2 aromatic carbocycles. The lowest BCUT2D eigenvalue weighted by Gasteiger charge is -2.46. The molecule has 8 nitrogen and oxygen atoms in total. The first kappa shape index (κ1) is 20.7. The minimum Gasteiger partial charge on any atom is -0.477 e. The molecule has 3 aliphatic heterocycles. The van der Waals surface area contributed by atoms with E-state index in [4.69, 9.17) is 0 Å². The van der Waals surface area contributed by atoms with Gasteiger partial charge in [-0.1, -0.05) is 43.3 Å². The Kier molecular flexibility index (Phi) is 4.48. The van der Waals surface area contributed by atoms with Gasteiger partial charge in [0.05, 0.1) is 35.2 Å². The number of sulfonamides is 1. The van der Waals surface area contributed by atoms with E-state index in [-0.39, 0.29) is 17.1 Å². The number of aliphatic hydroxyl groups excluding tert-OH is 1. The third kappa shape index (κ3) is 2.61. The number of anilines is 1. The van der Waals surface area contributed by atoms with Crippen LogP contribution in [0, 0.1) is 11.8 Å². The van der Waals surface area contributed by atoms with E-state index in [1.54, 1.807) is 43.3 Å². The van der Waals surface area contributed by atoms with Crippen LogP contribution >= 0.6 is 0 Å². The Morgan fingerprint density at radius 1 is 1.09 bits per heavy atom. The van der Waals surface area contributed by atoms with Crippen molar-refractivity contribution in [1.82, 2.24) is 4.90 Å². The van der Waals surface area contributed by atoms with E-state index >= 15 is 0 Å². The van der Waals surface area contributed by atoms with Gasteiger partial charge in [0.15, 0.2) is 0 Å². The fourth-order valence-electron chi connectivity index (χ4n) is 5.26. The summed E-state index contributed by atoms with van der Waals surface area (Å²) in [5, 5.41) is 19.9. The number of aliphatic carboxylic acids is 1. The molecule has 1 saturated heterocycles. The molecule has 4 atom stereocenters. The van der Waals surface area contributed by atoms with E-state index in [1.165, 1.54) is 16.1 Å². The lowest BCUT2D eigenvalue weighted by Crippen LogP contribution is -2.63. The smallest absolute Gasteiger partial charge is 0.352 e. The Morgan fingerprint density at radius 2 is 1.72 bits per heavy atom. The topological polar surface area (TPSA) is 115 Å². The number of benzene rings is 2. The van der Waals surface area contributed by atoms with Crippen LogP contribution in [0.5, 0.6) is 0 Å². The standard InChI is InChI=1S/C23H22N2O6S/c1-12-16(21(23(28)29)25-20(12)19(13(2)26)22(25)27)11-24-17-9-5-3-7-14(17)15-8-4-6-10-18(15)32(24,30)31/h3-10,12-13,19-20,26H,11H2,1-2H3,(H,28,29)/t12-,13+,19+,20+/m0/s1. The molecule has 2 aromatic rings. The molecule has 2 N–H and O–H groups in total. The Hall–Kier alpha value is -3.17. The van der Waals surface area contributed by atoms with Gasteiger partial charge in [-0.05, 0) is 24.6 Å². The second kappa shape index (κ2) is 6.91. The van der Waals surface area contributed by atoms with Crippen LogP contribution < -0.4 is 4.31 Å². The number of carbonyl (C=O) groups is 2. The molecular formula is C23H22N2O6S. The van der Waals surface area contributed by atoms with Crippen molar-refractivity contribution < 1.29 is 28.2 Å². The molecule has 166 valence electrons. The fraction of sp³-hybridized carbons (Fsp3) is 0.304. The first-order valence-corrected chi connectivity index (χ1v) is 11.8. The highest BCUT2D eigenvalue weighted by molar-refractivity contribution is 7.93. The fourth-order valence-corrected chi connectivity index (χ4v) is 6.93. The molecule has 3 aliphatic rings. The van der Waals surface area contributed by atoms with Gasteiger partial charge in [-0.15, -0.1) is 0 Å². The average Bonchev–Trinajstić information content (AvgIpc) is 2.99. The van der Waals surface area contributed by atoms with E-state index in [0.717, 1.165) is 5.56 Å². The van der Waals surface area contributed by atoms with E-state index in [1.807, 2.05) is 12.1 Å². The molecule has 1 fully saturated rings. The zero-order valence-corrected chi connectivity index (χ0v) is 18.3. The monoisotopic (exact) mass is 454 g/mol. The van der Waals surface area contributed by atoms with Crippen molar-refractivity contribution in [3.8, 4) is 11.1 Å². The molecule has 5 rings (SSSR count). The van der Waals surface area contributed by atoms with Gasteiger partial charge in [0.25, 0.3) is 10.0 Å². The highest BCUT2D eigenvalue weighted by Crippen LogP contribution is 2.49. The van der Waals surface area contributed by atoms with Gasteiger partial charge in [-0.2, -0.15) is 0 Å². The second-order valence-corrected chi connectivity index (χ2v) is 10.3. The summed E-state index contributed by atoms with van der Waals surface area (Å²) in [6.45, 7) is 3.10. The Bertz CT molecular complexity index is 1300. The summed E-state index contributed by atoms with van der Waals surface area (Å²) in [6, 6.07) is 13.3. The number of β-lactam (4-membered cyclic amide) rings is 1. The van der Waals surface area contributed by atoms with Crippen molar-refractivity contribution in [3.05, 3.63) is 59.8 Å². The third-order valence-corrected chi connectivity index (χ3v) is 8.57. The van der Waals surface area contributed by atoms with Gasteiger partial charge < -0.3 is 15.1 Å². The zero-order chi connectivity index (χ0) is 22.9. The Morgan fingerprint density at radius 3 is 2.38 bits per heavy atom. The van der Waals surface area contributed by atoms with Gasteiger partial charge in [-0.25, -0.2) is 13.2 Å². The predicted molar refractivity (Wildman–Crippen MR) is 116 cm³/mol. The minimum atomic E-state index is -3.96. The lowest BCUT2D eigenvalue weighted by atomic mass is 9.77. The number of para-hydroxylation sites is 1. The van der Waals surface area contributed by atoms with E-state index in [9.17, 15) is 28.2 Å². The number of carboxylic acid groups (broad SMARTS) is 1. The summed E-state index contributed by atoms with van der Waals surface area (Å²) < 4.78 is 28.4. The van der Waals surface area contributed by atoms with Crippen molar-refractivity contribution in [3.63, 3.8) is 0 Å². The van der Waals surface area contributed by atoms with Crippen LogP contribution in [0.3, 0.4) is 0 Å². The number of carbonyl (C=O) groups excluding carboxylic acids is 1. The maximum Gasteiger partial charge on any atom is 0.352 e. The summed E-state index contributed by atoms with van der Waals surface area (Å²) in [7, 11) is -3.96. The number of aliphatic hydroxyl groups is 1. The molecule has 9 heteroatoms. The summed E-state index contributed by atoms with van der Waals surface area (Å²) in [5.74, 6) is -2.85. The largest absolute Gasteiger partial charge is 0.477 e. The van der Waals surface area contributed by atoms with E-state index < -0.39 is 45.9 Å². The lowest BCUT2D eigenvalue weighted by molar-refractivity contribution is -0.163. The van der Waals surface area contributed by atoms with Crippen molar-refractivity contribution in [2.45, 2.75) is 30.9 Å². The number of fused-ring (bicyclic) bond motifs is 4. The highest BCUT2D eigenvalue weighted by atomic mass is 32.2. The second-order valence-electron chi connectivity index (χ2n) is 8.46. The van der Waals surface area contributed by atoms with Crippen LogP contribution in [0.25, 0.3) is 11.1 Å². The molecule has 32 heavy (non-hydrogen) atoms. The number of rotatable bonds is 4. The number of carboxylic acids is 1. The van der Waals surface area contributed by atoms with Gasteiger partial charge in [0.1, 0.15) is 5.70 Å². The van der Waals surface area contributed by atoms with Crippen molar-refractivity contribution in [1.29, 1.82) is 0 Å². The average molecular weight is 455 g/mol. The normalized spacial score (nSPS) is 26.2. The van der Waals surface area contributed by atoms with E-state index in [2.05, 4.69) is 0 Å². The summed E-state index contributed by atoms with van der Waals surface area (Å²) >= 11 is 0. The summed E-state index contributed by atoms with van der Waals surface area (Å²) in [5.41, 5.74) is 1.97. The van der Waals surface area contributed by atoms with Crippen molar-refractivity contribution in [2.24, 2.45) is 11.8 Å². The molecule has 0 saturated carbocycles. The number of hydrogen-bond donors (Lipinski definition) is 2. The Labute approximate surface area is 185 Å². The molecule has 3 heterocycles.